The van der Waals surface area contributed by atoms with Gasteiger partial charge in [-0.3, -0.25) is 0 Å². The van der Waals surface area contributed by atoms with Crippen LogP contribution in [0.5, 0.6) is 0 Å². The zero-order valence-corrected chi connectivity index (χ0v) is 9.70. The van der Waals surface area contributed by atoms with Gasteiger partial charge in [-0.05, 0) is 35.7 Å². The van der Waals surface area contributed by atoms with Crippen LogP contribution >= 0.6 is 0 Å². The number of nitrogens with zero attached hydrogens (tertiary/aromatic N) is 1. The molecule has 0 bridgehead atoms. The summed E-state index contributed by atoms with van der Waals surface area (Å²) in [6, 6.07) is 15.1. The molecule has 1 unspecified atom stereocenters. The SMILES string of the molecule is CCC(C#N)c1ccc2cc(C)ccc2c1. The molecule has 2 aromatic rings. The third-order valence-corrected chi connectivity index (χ3v) is 2.99. The van der Waals surface area contributed by atoms with Crippen molar-refractivity contribution in [2.24, 2.45) is 0 Å². The van der Waals surface area contributed by atoms with Gasteiger partial charge in [0.15, 0.2) is 0 Å². The maximum atomic E-state index is 9.05. The summed E-state index contributed by atoms with van der Waals surface area (Å²) >= 11 is 0. The molecule has 1 nitrogen and oxygen atoms in total. The molecule has 0 fully saturated rings. The number of hydrogen-bond acceptors (Lipinski definition) is 1. The van der Waals surface area contributed by atoms with E-state index in [1.165, 1.54) is 16.3 Å². The Kier molecular flexibility index (Phi) is 2.92. The molecule has 0 radical (unpaired) electrons. The van der Waals surface area contributed by atoms with Crippen LogP contribution in [0.4, 0.5) is 0 Å². The number of rotatable bonds is 2. The van der Waals surface area contributed by atoms with E-state index in [9.17, 15) is 0 Å². The molecule has 2 rings (SSSR count). The van der Waals surface area contributed by atoms with Crippen LogP contribution in [0.1, 0.15) is 30.4 Å². The predicted octanol–water partition coefficient (Wildman–Crippen LogP) is 4.17. The Morgan fingerprint density at radius 3 is 2.50 bits per heavy atom. The van der Waals surface area contributed by atoms with E-state index in [0.717, 1.165) is 12.0 Å². The fraction of sp³-hybridized carbons (Fsp3) is 0.267. The standard InChI is InChI=1S/C15H15N/c1-3-12(10-16)14-7-6-13-8-11(2)4-5-15(13)9-14/h4-9,12H,3H2,1-2H3. The summed E-state index contributed by atoms with van der Waals surface area (Å²) in [4.78, 5) is 0. The van der Waals surface area contributed by atoms with Crippen LogP contribution in [0.15, 0.2) is 36.4 Å². The second kappa shape index (κ2) is 4.37. The zero-order chi connectivity index (χ0) is 11.5. The summed E-state index contributed by atoms with van der Waals surface area (Å²) in [7, 11) is 0. The van der Waals surface area contributed by atoms with Crippen LogP contribution in [0.25, 0.3) is 10.8 Å². The van der Waals surface area contributed by atoms with E-state index in [0.29, 0.717) is 0 Å². The van der Waals surface area contributed by atoms with Gasteiger partial charge < -0.3 is 0 Å². The Labute approximate surface area is 96.3 Å². The molecule has 0 aliphatic heterocycles. The lowest BCUT2D eigenvalue weighted by molar-refractivity contribution is 0.820. The smallest absolute Gasteiger partial charge is 0.0710 e. The van der Waals surface area contributed by atoms with Crippen molar-refractivity contribution in [3.63, 3.8) is 0 Å². The van der Waals surface area contributed by atoms with Crippen molar-refractivity contribution in [1.29, 1.82) is 5.26 Å². The minimum absolute atomic E-state index is 0.0192. The highest BCUT2D eigenvalue weighted by atomic mass is 14.3. The van der Waals surface area contributed by atoms with Crippen LogP contribution in [-0.4, -0.2) is 0 Å². The molecule has 0 N–H and O–H groups in total. The molecule has 0 saturated heterocycles. The Balaban J connectivity index is 2.53. The van der Waals surface area contributed by atoms with Crippen LogP contribution in [0, 0.1) is 18.3 Å². The van der Waals surface area contributed by atoms with E-state index in [4.69, 9.17) is 5.26 Å². The second-order valence-electron chi connectivity index (χ2n) is 4.20. The van der Waals surface area contributed by atoms with E-state index in [2.05, 4.69) is 49.4 Å². The van der Waals surface area contributed by atoms with Crippen LogP contribution in [0.2, 0.25) is 0 Å². The Morgan fingerprint density at radius 1 is 1.12 bits per heavy atom. The summed E-state index contributed by atoms with van der Waals surface area (Å²) in [6.07, 6.45) is 0.869. The van der Waals surface area contributed by atoms with Gasteiger partial charge in [0.2, 0.25) is 0 Å². The van der Waals surface area contributed by atoms with Crippen LogP contribution in [0.3, 0.4) is 0 Å². The van der Waals surface area contributed by atoms with E-state index in [1.807, 2.05) is 6.92 Å². The van der Waals surface area contributed by atoms with Gasteiger partial charge in [0.25, 0.3) is 0 Å². The molecule has 0 aliphatic rings. The normalized spacial score (nSPS) is 12.3. The van der Waals surface area contributed by atoms with Crippen LogP contribution < -0.4 is 0 Å². The minimum Gasteiger partial charge on any atom is -0.198 e. The lowest BCUT2D eigenvalue weighted by Gasteiger charge is -2.08. The highest BCUT2D eigenvalue weighted by Gasteiger charge is 2.07. The van der Waals surface area contributed by atoms with Gasteiger partial charge in [-0.15, -0.1) is 0 Å². The number of benzene rings is 2. The van der Waals surface area contributed by atoms with Crippen LogP contribution in [-0.2, 0) is 0 Å². The molecular formula is C15H15N. The maximum Gasteiger partial charge on any atom is 0.0710 e. The molecule has 0 heterocycles. The molecule has 1 atom stereocenters. The molecule has 80 valence electrons. The van der Waals surface area contributed by atoms with Gasteiger partial charge in [0.1, 0.15) is 0 Å². The van der Waals surface area contributed by atoms with Gasteiger partial charge in [0, 0.05) is 0 Å². The predicted molar refractivity (Wildman–Crippen MR) is 67.3 cm³/mol. The highest BCUT2D eigenvalue weighted by Crippen LogP contribution is 2.24. The van der Waals surface area contributed by atoms with E-state index in [-0.39, 0.29) is 5.92 Å². The first-order valence-electron chi connectivity index (χ1n) is 5.64. The van der Waals surface area contributed by atoms with Crippen molar-refractivity contribution in [2.45, 2.75) is 26.2 Å². The molecule has 1 heteroatoms. The molecule has 16 heavy (non-hydrogen) atoms. The maximum absolute atomic E-state index is 9.05. The lowest BCUT2D eigenvalue weighted by atomic mass is 9.95. The van der Waals surface area contributed by atoms with Gasteiger partial charge in [0.05, 0.1) is 12.0 Å². The fourth-order valence-corrected chi connectivity index (χ4v) is 2.00. The first-order chi connectivity index (χ1) is 7.74. The number of fused-ring (bicyclic) bond motifs is 1. The number of aryl methyl sites for hydroxylation is 1. The Bertz CT molecular complexity index is 549. The number of nitriles is 1. The molecular weight excluding hydrogens is 194 g/mol. The van der Waals surface area contributed by atoms with E-state index in [1.54, 1.807) is 0 Å². The van der Waals surface area contributed by atoms with Crippen molar-refractivity contribution in [3.8, 4) is 6.07 Å². The summed E-state index contributed by atoms with van der Waals surface area (Å²) in [5.74, 6) is 0.0192. The van der Waals surface area contributed by atoms with E-state index >= 15 is 0 Å². The fourth-order valence-electron chi connectivity index (χ4n) is 2.00. The van der Waals surface area contributed by atoms with Crippen molar-refractivity contribution < 1.29 is 0 Å². The zero-order valence-electron chi connectivity index (χ0n) is 9.70. The van der Waals surface area contributed by atoms with Gasteiger partial charge >= 0.3 is 0 Å². The largest absolute Gasteiger partial charge is 0.198 e. The van der Waals surface area contributed by atoms with Crippen molar-refractivity contribution in [3.05, 3.63) is 47.5 Å². The monoisotopic (exact) mass is 209 g/mol. The average molecular weight is 209 g/mol. The first kappa shape index (κ1) is 10.7. The summed E-state index contributed by atoms with van der Waals surface area (Å²) in [6.45, 7) is 4.14. The average Bonchev–Trinajstić information content (AvgIpc) is 2.31. The highest BCUT2D eigenvalue weighted by molar-refractivity contribution is 5.84. The first-order valence-corrected chi connectivity index (χ1v) is 5.64. The second-order valence-corrected chi connectivity index (χ2v) is 4.20. The summed E-state index contributed by atoms with van der Waals surface area (Å²) in [5, 5.41) is 11.5. The molecule has 0 spiro atoms. The quantitative estimate of drug-likeness (QED) is 0.728. The molecule has 2 aromatic carbocycles. The number of hydrogen-bond donors (Lipinski definition) is 0. The molecule has 0 amide bonds. The van der Waals surface area contributed by atoms with Crippen molar-refractivity contribution >= 4 is 10.8 Å². The van der Waals surface area contributed by atoms with Gasteiger partial charge in [-0.1, -0.05) is 42.8 Å². The summed E-state index contributed by atoms with van der Waals surface area (Å²) in [5.41, 5.74) is 2.40. The lowest BCUT2D eigenvalue weighted by Crippen LogP contribution is -1.93. The third kappa shape index (κ3) is 1.92. The molecule has 0 aliphatic carbocycles. The van der Waals surface area contributed by atoms with Gasteiger partial charge in [-0.25, -0.2) is 0 Å². The van der Waals surface area contributed by atoms with Crippen molar-refractivity contribution in [2.75, 3.05) is 0 Å². The van der Waals surface area contributed by atoms with Crippen molar-refractivity contribution in [1.82, 2.24) is 0 Å². The molecule has 0 aromatic heterocycles. The Hall–Kier alpha value is -1.81. The van der Waals surface area contributed by atoms with Gasteiger partial charge in [-0.2, -0.15) is 5.26 Å². The summed E-state index contributed by atoms with van der Waals surface area (Å²) < 4.78 is 0. The van der Waals surface area contributed by atoms with E-state index < -0.39 is 0 Å². The Morgan fingerprint density at radius 2 is 1.81 bits per heavy atom. The minimum atomic E-state index is 0.0192. The third-order valence-electron chi connectivity index (χ3n) is 2.99. The molecule has 0 saturated carbocycles. The topological polar surface area (TPSA) is 23.8 Å².